The smallest absolute Gasteiger partial charge is 0.242 e. The number of carbonyl (C=O) groups excluding carboxylic acids is 4. The van der Waals surface area contributed by atoms with Crippen molar-refractivity contribution in [1.82, 2.24) is 4.90 Å². The van der Waals surface area contributed by atoms with Crippen LogP contribution >= 0.6 is 23.5 Å². The standard InChI is InChI=1S/C17H27NO4S2/c1-14(20)7-3-2-4-8-18-16(21)13-15(17(18)22)24-12-6-11-23-10-5-9-19/h9,15H,2-8,10-13H2,1H3. The van der Waals surface area contributed by atoms with Crippen LogP contribution in [0.4, 0.5) is 0 Å². The predicted octanol–water partition coefficient (Wildman–Crippen LogP) is 2.71. The number of hydrogen-bond donors (Lipinski definition) is 0. The van der Waals surface area contributed by atoms with E-state index in [0.29, 0.717) is 25.8 Å². The van der Waals surface area contributed by atoms with Crippen LogP contribution in [-0.2, 0) is 19.2 Å². The van der Waals surface area contributed by atoms with E-state index >= 15 is 0 Å². The summed E-state index contributed by atoms with van der Waals surface area (Å²) >= 11 is 3.32. The number of aldehydes is 1. The Morgan fingerprint density at radius 2 is 1.96 bits per heavy atom. The molecule has 0 aromatic heterocycles. The largest absolute Gasteiger partial charge is 0.303 e. The van der Waals surface area contributed by atoms with E-state index in [9.17, 15) is 19.2 Å². The third kappa shape index (κ3) is 8.33. The average Bonchev–Trinajstić information content (AvgIpc) is 2.80. The van der Waals surface area contributed by atoms with E-state index in [1.165, 1.54) is 4.90 Å². The molecule has 0 saturated carbocycles. The highest BCUT2D eigenvalue weighted by molar-refractivity contribution is 8.01. The molecule has 1 fully saturated rings. The molecule has 1 aliphatic heterocycles. The summed E-state index contributed by atoms with van der Waals surface area (Å²) in [5.74, 6) is 2.77. The zero-order valence-corrected chi connectivity index (χ0v) is 16.0. The Hall–Kier alpha value is -0.820. The second kappa shape index (κ2) is 12.5. The number of imide groups is 1. The second-order valence-electron chi connectivity index (χ2n) is 5.88. The number of hydrogen-bond acceptors (Lipinski definition) is 6. The van der Waals surface area contributed by atoms with Gasteiger partial charge in [0.25, 0.3) is 0 Å². The quantitative estimate of drug-likeness (QED) is 0.265. The third-order valence-electron chi connectivity index (χ3n) is 3.75. The van der Waals surface area contributed by atoms with Crippen LogP contribution in [0.2, 0.25) is 0 Å². The highest BCUT2D eigenvalue weighted by Crippen LogP contribution is 2.26. The van der Waals surface area contributed by atoms with Crippen LogP contribution < -0.4 is 0 Å². The molecule has 1 saturated heterocycles. The van der Waals surface area contributed by atoms with E-state index in [1.54, 1.807) is 30.4 Å². The summed E-state index contributed by atoms with van der Waals surface area (Å²) in [4.78, 5) is 46.7. The maximum absolute atomic E-state index is 12.3. The van der Waals surface area contributed by atoms with Crippen LogP contribution in [0.15, 0.2) is 0 Å². The minimum absolute atomic E-state index is 0.0508. The molecule has 0 spiro atoms. The molecule has 1 heterocycles. The van der Waals surface area contributed by atoms with Gasteiger partial charge >= 0.3 is 0 Å². The number of ketones is 1. The molecule has 5 nitrogen and oxygen atoms in total. The molecule has 0 aromatic rings. The number of nitrogens with zero attached hydrogens (tertiary/aromatic N) is 1. The van der Waals surface area contributed by atoms with Crippen LogP contribution in [0, 0.1) is 0 Å². The number of unbranched alkanes of at least 4 members (excludes halogenated alkanes) is 2. The fraction of sp³-hybridized carbons (Fsp3) is 0.765. The van der Waals surface area contributed by atoms with Gasteiger partial charge in [-0.1, -0.05) is 6.42 Å². The minimum atomic E-state index is -0.227. The van der Waals surface area contributed by atoms with Crippen molar-refractivity contribution < 1.29 is 19.2 Å². The van der Waals surface area contributed by atoms with Gasteiger partial charge in [0.2, 0.25) is 11.8 Å². The summed E-state index contributed by atoms with van der Waals surface area (Å²) in [5.41, 5.74) is 0. The SMILES string of the molecule is CC(=O)CCCCCN1C(=O)CC(SCCCSCCC=O)C1=O. The van der Waals surface area contributed by atoms with Crippen LogP contribution in [-0.4, -0.2) is 57.8 Å². The molecule has 7 heteroatoms. The molecule has 0 radical (unpaired) electrons. The zero-order valence-electron chi connectivity index (χ0n) is 14.3. The molecule has 0 aromatic carbocycles. The number of rotatable bonds is 14. The molecule has 1 rings (SSSR count). The molecule has 0 bridgehead atoms. The molecule has 1 aliphatic rings. The third-order valence-corrected chi connectivity index (χ3v) is 6.14. The van der Waals surface area contributed by atoms with E-state index in [1.807, 2.05) is 0 Å². The molecule has 0 aliphatic carbocycles. The van der Waals surface area contributed by atoms with Gasteiger partial charge in [-0.2, -0.15) is 11.8 Å². The first-order valence-electron chi connectivity index (χ1n) is 8.53. The maximum atomic E-state index is 12.3. The lowest BCUT2D eigenvalue weighted by Crippen LogP contribution is -2.32. The summed E-state index contributed by atoms with van der Waals surface area (Å²) in [7, 11) is 0. The zero-order chi connectivity index (χ0) is 17.8. The summed E-state index contributed by atoms with van der Waals surface area (Å²) < 4.78 is 0. The minimum Gasteiger partial charge on any atom is -0.303 e. The molecule has 2 amide bonds. The number of thioether (sulfide) groups is 2. The van der Waals surface area contributed by atoms with Crippen LogP contribution in [0.5, 0.6) is 0 Å². The van der Waals surface area contributed by atoms with Crippen LogP contribution in [0.25, 0.3) is 0 Å². The van der Waals surface area contributed by atoms with Crippen LogP contribution in [0.3, 0.4) is 0 Å². The number of amides is 2. The van der Waals surface area contributed by atoms with Gasteiger partial charge in [-0.25, -0.2) is 0 Å². The summed E-state index contributed by atoms with van der Waals surface area (Å²) in [6.45, 7) is 2.06. The highest BCUT2D eigenvalue weighted by atomic mass is 32.2. The van der Waals surface area contributed by atoms with Crippen molar-refractivity contribution in [3.8, 4) is 0 Å². The molecule has 0 N–H and O–H groups in total. The van der Waals surface area contributed by atoms with E-state index < -0.39 is 0 Å². The molecular formula is C17H27NO4S2. The lowest BCUT2D eigenvalue weighted by atomic mass is 10.1. The first-order valence-corrected chi connectivity index (χ1v) is 10.7. The Labute approximate surface area is 152 Å². The van der Waals surface area contributed by atoms with Gasteiger partial charge in [-0.15, -0.1) is 11.8 Å². The second-order valence-corrected chi connectivity index (χ2v) is 8.42. The normalized spacial score (nSPS) is 17.5. The fourth-order valence-corrected chi connectivity index (χ4v) is 4.58. The lowest BCUT2D eigenvalue weighted by molar-refractivity contribution is -0.138. The van der Waals surface area contributed by atoms with Crippen molar-refractivity contribution in [3.63, 3.8) is 0 Å². The van der Waals surface area contributed by atoms with Gasteiger partial charge < -0.3 is 9.59 Å². The van der Waals surface area contributed by atoms with Crippen molar-refractivity contribution in [2.24, 2.45) is 0 Å². The number of Topliss-reactive ketones (excluding diaryl/α,β-unsaturated/α-hetero) is 1. The van der Waals surface area contributed by atoms with Crippen molar-refractivity contribution in [1.29, 1.82) is 0 Å². The Morgan fingerprint density at radius 1 is 1.17 bits per heavy atom. The van der Waals surface area contributed by atoms with Gasteiger partial charge in [0.05, 0.1) is 5.25 Å². The molecule has 136 valence electrons. The summed E-state index contributed by atoms with van der Waals surface area (Å²) in [6, 6.07) is 0. The summed E-state index contributed by atoms with van der Waals surface area (Å²) in [6.07, 6.45) is 5.86. The van der Waals surface area contributed by atoms with Gasteiger partial charge in [0.15, 0.2) is 0 Å². The predicted molar refractivity (Wildman–Crippen MR) is 99.4 cm³/mol. The van der Waals surface area contributed by atoms with E-state index in [2.05, 4.69) is 0 Å². The fourth-order valence-electron chi connectivity index (χ4n) is 2.46. The van der Waals surface area contributed by atoms with Gasteiger partial charge in [0.1, 0.15) is 12.1 Å². The molecule has 24 heavy (non-hydrogen) atoms. The van der Waals surface area contributed by atoms with E-state index in [4.69, 9.17) is 0 Å². The van der Waals surface area contributed by atoms with Crippen molar-refractivity contribution in [2.75, 3.05) is 23.8 Å². The Kier molecular flexibility index (Phi) is 11.1. The monoisotopic (exact) mass is 373 g/mol. The van der Waals surface area contributed by atoms with Gasteiger partial charge in [0, 0.05) is 25.8 Å². The number of carbonyl (C=O) groups is 4. The van der Waals surface area contributed by atoms with E-state index in [-0.39, 0.29) is 22.8 Å². The first-order chi connectivity index (χ1) is 11.6. The Balaban J connectivity index is 2.16. The highest BCUT2D eigenvalue weighted by Gasteiger charge is 2.37. The van der Waals surface area contributed by atoms with Crippen LogP contribution in [0.1, 0.15) is 51.9 Å². The van der Waals surface area contributed by atoms with Gasteiger partial charge in [-0.05, 0) is 43.4 Å². The molecular weight excluding hydrogens is 346 g/mol. The number of likely N-dealkylation sites (tertiary alicyclic amines) is 1. The van der Waals surface area contributed by atoms with E-state index in [0.717, 1.165) is 49.2 Å². The summed E-state index contributed by atoms with van der Waals surface area (Å²) in [5, 5.41) is -0.227. The van der Waals surface area contributed by atoms with Gasteiger partial charge in [-0.3, -0.25) is 14.5 Å². The van der Waals surface area contributed by atoms with Crippen molar-refractivity contribution >= 4 is 47.4 Å². The Morgan fingerprint density at radius 3 is 2.67 bits per heavy atom. The van der Waals surface area contributed by atoms with Crippen molar-refractivity contribution in [2.45, 2.75) is 57.1 Å². The molecule has 1 unspecified atom stereocenters. The average molecular weight is 374 g/mol. The lowest BCUT2D eigenvalue weighted by Gasteiger charge is -2.14. The topological polar surface area (TPSA) is 71.5 Å². The first kappa shape index (κ1) is 21.2. The Bertz CT molecular complexity index is 442. The molecule has 1 atom stereocenters. The maximum Gasteiger partial charge on any atom is 0.242 e. The van der Waals surface area contributed by atoms with Crippen molar-refractivity contribution in [3.05, 3.63) is 0 Å².